The molecule has 2 heterocycles. The second-order valence-electron chi connectivity index (χ2n) is 5.76. The first kappa shape index (κ1) is 17.9. The zero-order chi connectivity index (χ0) is 17.8. The molecular weight excluding hydrogens is 354 g/mol. The highest BCUT2D eigenvalue weighted by Crippen LogP contribution is 2.30. The standard InChI is InChI=1S/C18H21N3O2S2/c1-12-10-14(5-7-16(12)24-3)23-18-15(6-4-13(2)19-18)17(20-22)21-8-9-25-11-21/h4-7,10,22H,8-9,11H2,1-3H3/b20-17-. The third-order valence-electron chi connectivity index (χ3n) is 3.97. The van der Waals surface area contributed by atoms with Crippen molar-refractivity contribution in [2.24, 2.45) is 5.16 Å². The Hall–Kier alpha value is -1.86. The van der Waals surface area contributed by atoms with Crippen molar-refractivity contribution in [3.8, 4) is 11.6 Å². The molecule has 132 valence electrons. The maximum atomic E-state index is 9.56. The Kier molecular flexibility index (Phi) is 5.75. The largest absolute Gasteiger partial charge is 0.438 e. The number of oxime groups is 1. The van der Waals surface area contributed by atoms with Crippen LogP contribution in [0.15, 0.2) is 40.4 Å². The van der Waals surface area contributed by atoms with Gasteiger partial charge in [0, 0.05) is 22.9 Å². The van der Waals surface area contributed by atoms with Crippen LogP contribution in [-0.2, 0) is 0 Å². The number of hydrogen-bond donors (Lipinski definition) is 1. The van der Waals surface area contributed by atoms with Crippen LogP contribution in [0.2, 0.25) is 0 Å². The molecule has 0 amide bonds. The van der Waals surface area contributed by atoms with Gasteiger partial charge in [0.25, 0.3) is 0 Å². The lowest BCUT2D eigenvalue weighted by Crippen LogP contribution is -2.29. The quantitative estimate of drug-likeness (QED) is 0.282. The van der Waals surface area contributed by atoms with Gasteiger partial charge in [0.05, 0.1) is 11.4 Å². The minimum atomic E-state index is 0.459. The Labute approximate surface area is 156 Å². The molecular formula is C18H21N3O2S2. The van der Waals surface area contributed by atoms with Crippen LogP contribution in [0.5, 0.6) is 11.6 Å². The highest BCUT2D eigenvalue weighted by atomic mass is 32.2. The summed E-state index contributed by atoms with van der Waals surface area (Å²) in [6, 6.07) is 9.79. The maximum absolute atomic E-state index is 9.56. The summed E-state index contributed by atoms with van der Waals surface area (Å²) in [5.74, 6) is 3.51. The van der Waals surface area contributed by atoms with Crippen molar-refractivity contribution in [3.05, 3.63) is 47.2 Å². The Morgan fingerprint density at radius 1 is 1.32 bits per heavy atom. The number of nitrogens with zero attached hydrogens (tertiary/aromatic N) is 3. The van der Waals surface area contributed by atoms with Gasteiger partial charge in [-0.2, -0.15) is 0 Å². The monoisotopic (exact) mass is 375 g/mol. The van der Waals surface area contributed by atoms with Gasteiger partial charge >= 0.3 is 0 Å². The lowest BCUT2D eigenvalue weighted by atomic mass is 10.2. The fourth-order valence-corrected chi connectivity index (χ4v) is 4.21. The van der Waals surface area contributed by atoms with E-state index in [9.17, 15) is 5.21 Å². The lowest BCUT2D eigenvalue weighted by Gasteiger charge is -2.20. The molecule has 25 heavy (non-hydrogen) atoms. The molecule has 0 saturated carbocycles. The molecule has 1 aliphatic heterocycles. The molecule has 0 aliphatic carbocycles. The predicted molar refractivity (Wildman–Crippen MR) is 104 cm³/mol. The summed E-state index contributed by atoms with van der Waals surface area (Å²) in [5, 5.41) is 13.1. The van der Waals surface area contributed by atoms with Crippen LogP contribution in [0, 0.1) is 13.8 Å². The van der Waals surface area contributed by atoms with Crippen molar-refractivity contribution >= 4 is 29.4 Å². The van der Waals surface area contributed by atoms with Crippen molar-refractivity contribution in [3.63, 3.8) is 0 Å². The van der Waals surface area contributed by atoms with Gasteiger partial charge in [-0.1, -0.05) is 5.16 Å². The van der Waals surface area contributed by atoms with E-state index in [1.165, 1.54) is 4.90 Å². The molecule has 1 fully saturated rings. The number of benzene rings is 1. The van der Waals surface area contributed by atoms with E-state index >= 15 is 0 Å². The van der Waals surface area contributed by atoms with Gasteiger partial charge in [-0.05, 0) is 56.0 Å². The van der Waals surface area contributed by atoms with Gasteiger partial charge in [-0.25, -0.2) is 4.98 Å². The van der Waals surface area contributed by atoms with Crippen molar-refractivity contribution < 1.29 is 9.94 Å². The summed E-state index contributed by atoms with van der Waals surface area (Å²) in [5.41, 5.74) is 2.71. The minimum Gasteiger partial charge on any atom is -0.438 e. The van der Waals surface area contributed by atoms with Crippen molar-refractivity contribution in [2.75, 3.05) is 24.4 Å². The zero-order valence-corrected chi connectivity index (χ0v) is 16.2. The third-order valence-corrected chi connectivity index (χ3v) is 5.83. The molecule has 1 saturated heterocycles. The van der Waals surface area contributed by atoms with Crippen LogP contribution in [-0.4, -0.2) is 45.4 Å². The zero-order valence-electron chi connectivity index (χ0n) is 14.5. The number of pyridine rings is 1. The van der Waals surface area contributed by atoms with E-state index in [2.05, 4.69) is 23.3 Å². The molecule has 0 atom stereocenters. The Balaban J connectivity index is 1.95. The first-order valence-electron chi connectivity index (χ1n) is 7.97. The number of rotatable bonds is 4. The lowest BCUT2D eigenvalue weighted by molar-refractivity contribution is 0.307. The Morgan fingerprint density at radius 3 is 2.80 bits per heavy atom. The molecule has 5 nitrogen and oxygen atoms in total. The van der Waals surface area contributed by atoms with Crippen LogP contribution in [0.4, 0.5) is 0 Å². The number of amidine groups is 1. The van der Waals surface area contributed by atoms with Gasteiger partial charge < -0.3 is 14.8 Å². The highest BCUT2D eigenvalue weighted by molar-refractivity contribution is 7.99. The molecule has 7 heteroatoms. The van der Waals surface area contributed by atoms with Crippen LogP contribution in [0.1, 0.15) is 16.8 Å². The average molecular weight is 376 g/mol. The summed E-state index contributed by atoms with van der Waals surface area (Å²) < 4.78 is 6.07. The SMILES string of the molecule is CSc1ccc(Oc2nc(C)ccc2/C(=N/O)N2CCSC2)cc1C. The van der Waals surface area contributed by atoms with E-state index in [4.69, 9.17) is 4.74 Å². The predicted octanol–water partition coefficient (Wildman–Crippen LogP) is 4.35. The van der Waals surface area contributed by atoms with Gasteiger partial charge in [0.2, 0.25) is 5.88 Å². The van der Waals surface area contributed by atoms with E-state index in [-0.39, 0.29) is 0 Å². The molecule has 3 rings (SSSR count). The number of ether oxygens (including phenoxy) is 1. The highest BCUT2D eigenvalue weighted by Gasteiger charge is 2.23. The number of hydrogen-bond acceptors (Lipinski definition) is 6. The van der Waals surface area contributed by atoms with Crippen LogP contribution >= 0.6 is 23.5 Å². The van der Waals surface area contributed by atoms with E-state index in [1.807, 2.05) is 53.9 Å². The van der Waals surface area contributed by atoms with Gasteiger partial charge in [0.15, 0.2) is 5.84 Å². The topological polar surface area (TPSA) is 58.0 Å². The summed E-state index contributed by atoms with van der Waals surface area (Å²) in [7, 11) is 0. The summed E-state index contributed by atoms with van der Waals surface area (Å²) in [6.45, 7) is 4.82. The van der Waals surface area contributed by atoms with E-state index in [1.54, 1.807) is 11.8 Å². The van der Waals surface area contributed by atoms with Crippen molar-refractivity contribution in [2.45, 2.75) is 18.7 Å². The van der Waals surface area contributed by atoms with E-state index < -0.39 is 0 Å². The molecule has 1 aromatic heterocycles. The third kappa shape index (κ3) is 4.04. The van der Waals surface area contributed by atoms with Gasteiger partial charge in [0.1, 0.15) is 5.75 Å². The summed E-state index contributed by atoms with van der Waals surface area (Å²) >= 11 is 3.52. The summed E-state index contributed by atoms with van der Waals surface area (Å²) in [4.78, 5) is 7.78. The molecule has 0 unspecified atom stereocenters. The minimum absolute atomic E-state index is 0.459. The summed E-state index contributed by atoms with van der Waals surface area (Å²) in [6.07, 6.45) is 2.06. The van der Waals surface area contributed by atoms with Gasteiger partial charge in [-0.15, -0.1) is 23.5 Å². The molecule has 0 radical (unpaired) electrons. The van der Waals surface area contributed by atoms with Crippen LogP contribution in [0.25, 0.3) is 0 Å². The molecule has 2 aromatic rings. The van der Waals surface area contributed by atoms with Crippen LogP contribution in [0.3, 0.4) is 0 Å². The first-order chi connectivity index (χ1) is 12.1. The Bertz CT molecular complexity index is 790. The second kappa shape index (κ2) is 8.01. The normalized spacial score (nSPS) is 14.8. The average Bonchev–Trinajstić information content (AvgIpc) is 3.12. The number of aromatic nitrogens is 1. The fourth-order valence-electron chi connectivity index (χ4n) is 2.68. The molecule has 1 aromatic carbocycles. The van der Waals surface area contributed by atoms with Gasteiger partial charge in [-0.3, -0.25) is 0 Å². The smallest absolute Gasteiger partial charge is 0.230 e. The van der Waals surface area contributed by atoms with Crippen LogP contribution < -0.4 is 4.74 Å². The molecule has 1 N–H and O–H groups in total. The fraction of sp³-hybridized carbons (Fsp3) is 0.333. The molecule has 0 bridgehead atoms. The van der Waals surface area contributed by atoms with E-state index in [0.29, 0.717) is 17.3 Å². The Morgan fingerprint density at radius 2 is 2.16 bits per heavy atom. The molecule has 1 aliphatic rings. The van der Waals surface area contributed by atoms with E-state index in [0.717, 1.165) is 35.2 Å². The maximum Gasteiger partial charge on any atom is 0.230 e. The number of thioether (sulfide) groups is 2. The first-order valence-corrected chi connectivity index (χ1v) is 10.4. The molecule has 0 spiro atoms. The second-order valence-corrected chi connectivity index (χ2v) is 7.69. The number of aryl methyl sites for hydroxylation is 2. The van der Waals surface area contributed by atoms with Crippen molar-refractivity contribution in [1.29, 1.82) is 0 Å². The van der Waals surface area contributed by atoms with Crippen molar-refractivity contribution in [1.82, 2.24) is 9.88 Å².